The summed E-state index contributed by atoms with van der Waals surface area (Å²) in [7, 11) is 0. The van der Waals surface area contributed by atoms with Crippen LogP contribution in [0.1, 0.15) is 278 Å². The summed E-state index contributed by atoms with van der Waals surface area (Å²) in [5.74, 6) is -0.953. The number of carbonyl (C=O) groups is 3. The molecule has 0 aromatic rings. The SMILES string of the molecule is CCCCC/C=C\C/C=C\C/C=C\C/C=C\CCCCCC(=O)OC[C@H](COC(=O)CCCCCCCCC/C=C\CCCCCCCC)OC(=O)CCCCCC/C=C\C/C=C\C/C=C\CCCCC. The Morgan fingerprint density at radius 2 is 0.507 bits per heavy atom. The molecule has 0 saturated carbocycles. The highest BCUT2D eigenvalue weighted by Crippen LogP contribution is 2.14. The number of hydrogen-bond donors (Lipinski definition) is 0. The molecule has 0 aliphatic carbocycles. The Bertz CT molecular complexity index is 1410. The van der Waals surface area contributed by atoms with E-state index in [1.165, 1.54) is 128 Å². The Hall–Kier alpha value is -3.67. The first-order valence-corrected chi connectivity index (χ1v) is 29.7. The van der Waals surface area contributed by atoms with Crippen LogP contribution in [0, 0.1) is 0 Å². The molecule has 0 fully saturated rings. The maximum absolute atomic E-state index is 12.9. The molecule has 0 bridgehead atoms. The van der Waals surface area contributed by atoms with Gasteiger partial charge in [0.1, 0.15) is 13.2 Å². The molecule has 0 aliphatic rings. The zero-order valence-electron chi connectivity index (χ0n) is 46.5. The number of unbranched alkanes of at least 4 members (excludes halogenated alkanes) is 26. The van der Waals surface area contributed by atoms with E-state index in [9.17, 15) is 14.4 Å². The Labute approximate surface area is 438 Å². The van der Waals surface area contributed by atoms with E-state index in [0.29, 0.717) is 19.3 Å². The van der Waals surface area contributed by atoms with Gasteiger partial charge in [-0.25, -0.2) is 0 Å². The lowest BCUT2D eigenvalue weighted by molar-refractivity contribution is -0.167. The van der Waals surface area contributed by atoms with Crippen LogP contribution in [0.15, 0.2) is 97.2 Å². The first kappa shape index (κ1) is 67.3. The summed E-state index contributed by atoms with van der Waals surface area (Å²) in [6.07, 6.45) is 78.2. The second-order valence-corrected chi connectivity index (χ2v) is 19.5. The first-order valence-electron chi connectivity index (χ1n) is 29.7. The Morgan fingerprint density at radius 1 is 0.282 bits per heavy atom. The highest BCUT2D eigenvalue weighted by molar-refractivity contribution is 5.71. The molecular weight excluding hydrogens is 877 g/mol. The smallest absolute Gasteiger partial charge is 0.306 e. The Morgan fingerprint density at radius 3 is 0.845 bits per heavy atom. The summed E-state index contributed by atoms with van der Waals surface area (Å²) in [6, 6.07) is 0. The number of allylic oxidation sites excluding steroid dienone is 16. The van der Waals surface area contributed by atoms with Gasteiger partial charge in [0.15, 0.2) is 6.10 Å². The van der Waals surface area contributed by atoms with E-state index in [0.717, 1.165) is 109 Å². The molecule has 6 heteroatoms. The highest BCUT2D eigenvalue weighted by atomic mass is 16.6. The standard InChI is InChI=1S/C65H110O6/c1-4-7-10-13-16-19-22-25-28-31-32-35-37-40-43-46-49-52-55-58-64(67)70-61-62(71-65(68)59-56-53-50-47-44-41-38-34-30-27-24-21-18-15-12-9-6-3)60-69-63(66)57-54-51-48-45-42-39-36-33-29-26-23-20-17-14-11-8-5-2/h16,18-19,21,25-30,32,35,38,40-41,43,62H,4-15,17,20,22-24,31,33-34,36-37,39,42,44-61H2,1-3H3/b19-16-,21-18-,28-25-,29-26-,30-27-,35-32-,41-38-,43-40-/t62-/m0/s1. The van der Waals surface area contributed by atoms with Crippen LogP contribution >= 0.6 is 0 Å². The minimum atomic E-state index is -0.806. The normalized spacial score (nSPS) is 12.8. The molecule has 406 valence electrons. The molecular formula is C65H110O6. The predicted molar refractivity (Wildman–Crippen MR) is 307 cm³/mol. The van der Waals surface area contributed by atoms with Gasteiger partial charge in [0.2, 0.25) is 0 Å². The second kappa shape index (κ2) is 58.9. The number of rotatable bonds is 53. The monoisotopic (exact) mass is 987 g/mol. The van der Waals surface area contributed by atoms with Crippen molar-refractivity contribution in [2.24, 2.45) is 0 Å². The van der Waals surface area contributed by atoms with Crippen molar-refractivity contribution in [3.8, 4) is 0 Å². The molecule has 0 radical (unpaired) electrons. The summed E-state index contributed by atoms with van der Waals surface area (Å²) >= 11 is 0. The van der Waals surface area contributed by atoms with E-state index in [2.05, 4.69) is 118 Å². The third kappa shape index (κ3) is 57.1. The van der Waals surface area contributed by atoms with Crippen molar-refractivity contribution < 1.29 is 28.6 Å². The molecule has 1 atom stereocenters. The molecule has 71 heavy (non-hydrogen) atoms. The van der Waals surface area contributed by atoms with Crippen LogP contribution in [0.2, 0.25) is 0 Å². The molecule has 6 nitrogen and oxygen atoms in total. The molecule has 0 aromatic carbocycles. The quantitative estimate of drug-likeness (QED) is 0.0261. The van der Waals surface area contributed by atoms with Crippen LogP contribution in [-0.2, 0) is 28.6 Å². The number of hydrogen-bond acceptors (Lipinski definition) is 6. The van der Waals surface area contributed by atoms with E-state index in [1.54, 1.807) is 0 Å². The van der Waals surface area contributed by atoms with Crippen molar-refractivity contribution >= 4 is 17.9 Å². The zero-order chi connectivity index (χ0) is 51.4. The lowest BCUT2D eigenvalue weighted by Crippen LogP contribution is -2.30. The van der Waals surface area contributed by atoms with Crippen LogP contribution in [0.5, 0.6) is 0 Å². The van der Waals surface area contributed by atoms with E-state index in [-0.39, 0.29) is 31.1 Å². The van der Waals surface area contributed by atoms with Gasteiger partial charge >= 0.3 is 17.9 Å². The van der Waals surface area contributed by atoms with Gasteiger partial charge < -0.3 is 14.2 Å². The molecule has 0 heterocycles. The highest BCUT2D eigenvalue weighted by Gasteiger charge is 2.19. The lowest BCUT2D eigenvalue weighted by Gasteiger charge is -2.18. The van der Waals surface area contributed by atoms with Gasteiger partial charge in [-0.2, -0.15) is 0 Å². The van der Waals surface area contributed by atoms with Gasteiger partial charge in [-0.3, -0.25) is 14.4 Å². The first-order chi connectivity index (χ1) is 35.0. The average Bonchev–Trinajstić information content (AvgIpc) is 3.37. The molecule has 0 unspecified atom stereocenters. The maximum atomic E-state index is 12.9. The molecule has 0 aliphatic heterocycles. The lowest BCUT2D eigenvalue weighted by atomic mass is 10.1. The van der Waals surface area contributed by atoms with Gasteiger partial charge in [-0.05, 0) is 128 Å². The molecule has 0 saturated heterocycles. The molecule has 0 spiro atoms. The van der Waals surface area contributed by atoms with Crippen molar-refractivity contribution in [1.29, 1.82) is 0 Å². The number of esters is 3. The van der Waals surface area contributed by atoms with Gasteiger partial charge in [0, 0.05) is 19.3 Å². The number of carbonyl (C=O) groups excluding carboxylic acids is 3. The van der Waals surface area contributed by atoms with Gasteiger partial charge in [-0.15, -0.1) is 0 Å². The summed E-state index contributed by atoms with van der Waals surface area (Å²) in [5, 5.41) is 0. The van der Waals surface area contributed by atoms with Crippen molar-refractivity contribution in [2.75, 3.05) is 13.2 Å². The van der Waals surface area contributed by atoms with Crippen molar-refractivity contribution in [1.82, 2.24) is 0 Å². The predicted octanol–water partition coefficient (Wildman–Crippen LogP) is 20.1. The van der Waals surface area contributed by atoms with Crippen molar-refractivity contribution in [3.05, 3.63) is 97.2 Å². The van der Waals surface area contributed by atoms with Crippen molar-refractivity contribution in [2.45, 2.75) is 284 Å². The minimum absolute atomic E-state index is 0.0996. The van der Waals surface area contributed by atoms with E-state index >= 15 is 0 Å². The van der Waals surface area contributed by atoms with E-state index in [4.69, 9.17) is 14.2 Å². The fourth-order valence-electron chi connectivity index (χ4n) is 8.01. The molecule has 0 rings (SSSR count). The van der Waals surface area contributed by atoms with E-state index < -0.39 is 6.10 Å². The van der Waals surface area contributed by atoms with Gasteiger partial charge in [0.25, 0.3) is 0 Å². The topological polar surface area (TPSA) is 78.9 Å². The third-order valence-corrected chi connectivity index (χ3v) is 12.5. The van der Waals surface area contributed by atoms with Crippen LogP contribution in [0.25, 0.3) is 0 Å². The van der Waals surface area contributed by atoms with Gasteiger partial charge in [0.05, 0.1) is 0 Å². The van der Waals surface area contributed by atoms with Crippen LogP contribution in [0.3, 0.4) is 0 Å². The largest absolute Gasteiger partial charge is 0.462 e. The average molecular weight is 988 g/mol. The Kier molecular flexibility index (Phi) is 55.9. The zero-order valence-corrected chi connectivity index (χ0v) is 46.5. The third-order valence-electron chi connectivity index (χ3n) is 12.5. The fourth-order valence-corrected chi connectivity index (χ4v) is 8.01. The van der Waals surface area contributed by atoms with E-state index in [1.807, 2.05) is 0 Å². The van der Waals surface area contributed by atoms with Crippen LogP contribution in [-0.4, -0.2) is 37.2 Å². The summed E-state index contributed by atoms with van der Waals surface area (Å²) in [4.78, 5) is 38.2. The molecule has 0 aromatic heterocycles. The summed E-state index contributed by atoms with van der Waals surface area (Å²) < 4.78 is 16.8. The van der Waals surface area contributed by atoms with Crippen LogP contribution in [0.4, 0.5) is 0 Å². The fraction of sp³-hybridized carbons (Fsp3) is 0.708. The van der Waals surface area contributed by atoms with Crippen LogP contribution < -0.4 is 0 Å². The summed E-state index contributed by atoms with van der Waals surface area (Å²) in [5.41, 5.74) is 0. The minimum Gasteiger partial charge on any atom is -0.462 e. The molecule has 0 N–H and O–H groups in total. The van der Waals surface area contributed by atoms with Crippen molar-refractivity contribution in [3.63, 3.8) is 0 Å². The summed E-state index contributed by atoms with van der Waals surface area (Å²) in [6.45, 7) is 6.54. The second-order valence-electron chi connectivity index (χ2n) is 19.5. The molecule has 0 amide bonds. The van der Waals surface area contributed by atoms with Gasteiger partial charge in [-0.1, -0.05) is 227 Å². The Balaban J connectivity index is 4.50. The maximum Gasteiger partial charge on any atom is 0.306 e. The number of ether oxygens (including phenoxy) is 3.